The molecular weight excluding hydrogens is 368 g/mol. The standard InChI is InChI=1S/C22H32N4OS/c1-17-18(2)26(20-6-4-5-7-20)22(28)25(17)16-23-12-14-24(15-13-23)19-8-10-21(27-3)11-9-19/h8-11,20H,4-7,12-16H2,1-3H3. The Hall–Kier alpha value is -1.79. The van der Waals surface area contributed by atoms with Gasteiger partial charge in [-0.2, -0.15) is 0 Å². The first-order chi connectivity index (χ1) is 13.6. The number of benzene rings is 1. The topological polar surface area (TPSA) is 25.6 Å². The van der Waals surface area contributed by atoms with Crippen molar-refractivity contribution in [2.24, 2.45) is 0 Å². The number of nitrogens with zero attached hydrogens (tertiary/aromatic N) is 4. The molecule has 0 bridgehead atoms. The van der Waals surface area contributed by atoms with Crippen molar-refractivity contribution in [3.05, 3.63) is 40.4 Å². The van der Waals surface area contributed by atoms with Crippen LogP contribution in [0.25, 0.3) is 0 Å². The van der Waals surface area contributed by atoms with Crippen LogP contribution in [-0.4, -0.2) is 47.3 Å². The minimum absolute atomic E-state index is 0.611. The Morgan fingerprint density at radius 1 is 0.964 bits per heavy atom. The summed E-state index contributed by atoms with van der Waals surface area (Å²) >= 11 is 5.91. The third kappa shape index (κ3) is 3.72. The van der Waals surface area contributed by atoms with Gasteiger partial charge in [0, 0.05) is 49.3 Å². The highest BCUT2D eigenvalue weighted by atomic mass is 32.1. The Kier molecular flexibility index (Phi) is 5.78. The fraction of sp³-hybridized carbons (Fsp3) is 0.591. The van der Waals surface area contributed by atoms with E-state index in [1.54, 1.807) is 7.11 Å². The zero-order valence-corrected chi connectivity index (χ0v) is 18.2. The number of anilines is 1. The van der Waals surface area contributed by atoms with Crippen molar-refractivity contribution in [3.8, 4) is 5.75 Å². The molecule has 2 aliphatic rings. The number of methoxy groups -OCH3 is 1. The molecule has 4 rings (SSSR count). The summed E-state index contributed by atoms with van der Waals surface area (Å²) in [5.41, 5.74) is 3.96. The minimum atomic E-state index is 0.611. The second-order valence-corrected chi connectivity index (χ2v) is 8.50. The van der Waals surface area contributed by atoms with E-state index in [2.05, 4.69) is 44.9 Å². The van der Waals surface area contributed by atoms with Gasteiger partial charge in [0.25, 0.3) is 0 Å². The molecule has 1 saturated heterocycles. The third-order valence-electron chi connectivity index (χ3n) is 6.57. The molecule has 152 valence electrons. The van der Waals surface area contributed by atoms with Gasteiger partial charge in [0.1, 0.15) is 5.75 Å². The quantitative estimate of drug-likeness (QED) is 0.688. The molecule has 28 heavy (non-hydrogen) atoms. The molecule has 5 nitrogen and oxygen atoms in total. The number of hydrogen-bond donors (Lipinski definition) is 0. The first-order valence-electron chi connectivity index (χ1n) is 10.5. The van der Waals surface area contributed by atoms with E-state index in [-0.39, 0.29) is 0 Å². The van der Waals surface area contributed by atoms with E-state index in [9.17, 15) is 0 Å². The summed E-state index contributed by atoms with van der Waals surface area (Å²) in [4.78, 5) is 4.98. The van der Waals surface area contributed by atoms with Crippen LogP contribution in [0.5, 0.6) is 5.75 Å². The smallest absolute Gasteiger partial charge is 0.181 e. The Bertz CT molecular complexity index is 856. The molecule has 2 heterocycles. The summed E-state index contributed by atoms with van der Waals surface area (Å²) in [6, 6.07) is 9.00. The summed E-state index contributed by atoms with van der Waals surface area (Å²) in [5.74, 6) is 0.911. The fourth-order valence-electron chi connectivity index (χ4n) is 4.69. The molecule has 1 aromatic carbocycles. The lowest BCUT2D eigenvalue weighted by molar-refractivity contribution is 0.202. The lowest BCUT2D eigenvalue weighted by Gasteiger charge is -2.36. The summed E-state index contributed by atoms with van der Waals surface area (Å²) in [6.07, 6.45) is 5.23. The molecule has 2 aromatic rings. The maximum absolute atomic E-state index is 5.91. The van der Waals surface area contributed by atoms with Crippen molar-refractivity contribution in [3.63, 3.8) is 0 Å². The summed E-state index contributed by atoms with van der Waals surface area (Å²) in [5, 5.41) is 0. The summed E-state index contributed by atoms with van der Waals surface area (Å²) in [7, 11) is 1.71. The average Bonchev–Trinajstić information content (AvgIpc) is 3.32. The number of aromatic nitrogens is 2. The van der Waals surface area contributed by atoms with E-state index in [0.717, 1.165) is 43.4 Å². The van der Waals surface area contributed by atoms with Gasteiger partial charge in [0.15, 0.2) is 4.77 Å². The normalized spacial score (nSPS) is 18.8. The van der Waals surface area contributed by atoms with Crippen molar-refractivity contribution in [1.82, 2.24) is 14.0 Å². The van der Waals surface area contributed by atoms with Gasteiger partial charge in [0.2, 0.25) is 0 Å². The Balaban J connectivity index is 1.42. The van der Waals surface area contributed by atoms with Gasteiger partial charge in [-0.15, -0.1) is 0 Å². The van der Waals surface area contributed by atoms with Crippen LogP contribution in [-0.2, 0) is 6.67 Å². The number of rotatable bonds is 5. The molecule has 0 spiro atoms. The fourth-order valence-corrected chi connectivity index (χ4v) is 5.17. The largest absolute Gasteiger partial charge is 0.497 e. The summed E-state index contributed by atoms with van der Waals surface area (Å²) in [6.45, 7) is 9.57. The highest BCUT2D eigenvalue weighted by Crippen LogP contribution is 2.32. The van der Waals surface area contributed by atoms with E-state index < -0.39 is 0 Å². The van der Waals surface area contributed by atoms with Crippen LogP contribution in [0.3, 0.4) is 0 Å². The van der Waals surface area contributed by atoms with Crippen molar-refractivity contribution in [2.45, 2.75) is 52.2 Å². The lowest BCUT2D eigenvalue weighted by atomic mass is 10.2. The van der Waals surface area contributed by atoms with Crippen LogP contribution in [0.15, 0.2) is 24.3 Å². The van der Waals surface area contributed by atoms with Crippen LogP contribution in [0.4, 0.5) is 5.69 Å². The first-order valence-corrected chi connectivity index (χ1v) is 10.9. The average molecular weight is 401 g/mol. The molecular formula is C22H32N4OS. The van der Waals surface area contributed by atoms with E-state index in [4.69, 9.17) is 17.0 Å². The molecule has 2 fully saturated rings. The zero-order valence-electron chi connectivity index (χ0n) is 17.4. The first kappa shape index (κ1) is 19.5. The zero-order chi connectivity index (χ0) is 19.7. The molecule has 1 aromatic heterocycles. The molecule has 1 aliphatic heterocycles. The lowest BCUT2D eigenvalue weighted by Crippen LogP contribution is -2.46. The van der Waals surface area contributed by atoms with Gasteiger partial charge in [-0.25, -0.2) is 0 Å². The Labute approximate surface area is 173 Å². The van der Waals surface area contributed by atoms with Crippen LogP contribution >= 0.6 is 12.2 Å². The molecule has 0 radical (unpaired) electrons. The van der Waals surface area contributed by atoms with E-state index in [0.29, 0.717) is 6.04 Å². The summed E-state index contributed by atoms with van der Waals surface area (Å²) < 4.78 is 11.1. The molecule has 0 atom stereocenters. The van der Waals surface area contributed by atoms with Crippen molar-refractivity contribution < 1.29 is 4.74 Å². The van der Waals surface area contributed by atoms with Crippen LogP contribution in [0.2, 0.25) is 0 Å². The second-order valence-electron chi connectivity index (χ2n) is 8.13. The predicted molar refractivity (Wildman–Crippen MR) is 117 cm³/mol. The van der Waals surface area contributed by atoms with Crippen molar-refractivity contribution >= 4 is 17.9 Å². The molecule has 1 aliphatic carbocycles. The molecule has 0 unspecified atom stereocenters. The molecule has 0 amide bonds. The number of ether oxygens (including phenoxy) is 1. The SMILES string of the molecule is COc1ccc(N2CCN(Cn3c(C)c(C)n(C4CCCC4)c3=S)CC2)cc1. The molecule has 0 N–H and O–H groups in total. The van der Waals surface area contributed by atoms with Crippen molar-refractivity contribution in [2.75, 3.05) is 38.2 Å². The highest BCUT2D eigenvalue weighted by molar-refractivity contribution is 7.71. The van der Waals surface area contributed by atoms with Crippen LogP contribution < -0.4 is 9.64 Å². The highest BCUT2D eigenvalue weighted by Gasteiger charge is 2.24. The van der Waals surface area contributed by atoms with E-state index in [1.165, 1.54) is 42.8 Å². The number of piperazine rings is 1. The van der Waals surface area contributed by atoms with Gasteiger partial charge in [-0.05, 0) is 63.2 Å². The molecule has 1 saturated carbocycles. The van der Waals surface area contributed by atoms with Crippen molar-refractivity contribution in [1.29, 1.82) is 0 Å². The third-order valence-corrected chi connectivity index (χ3v) is 6.99. The predicted octanol–water partition coefficient (Wildman–Crippen LogP) is 4.54. The Morgan fingerprint density at radius 3 is 2.21 bits per heavy atom. The monoisotopic (exact) mass is 400 g/mol. The maximum atomic E-state index is 5.91. The van der Waals surface area contributed by atoms with Gasteiger partial charge in [-0.1, -0.05) is 12.8 Å². The maximum Gasteiger partial charge on any atom is 0.181 e. The minimum Gasteiger partial charge on any atom is -0.497 e. The Morgan fingerprint density at radius 2 is 1.61 bits per heavy atom. The second kappa shape index (κ2) is 8.29. The van der Waals surface area contributed by atoms with Gasteiger partial charge < -0.3 is 18.8 Å². The van der Waals surface area contributed by atoms with Crippen LogP contribution in [0.1, 0.15) is 43.1 Å². The number of imidazole rings is 1. The van der Waals surface area contributed by atoms with E-state index >= 15 is 0 Å². The van der Waals surface area contributed by atoms with Gasteiger partial charge in [0.05, 0.1) is 13.8 Å². The van der Waals surface area contributed by atoms with E-state index in [1.807, 2.05) is 12.1 Å². The van der Waals surface area contributed by atoms with Gasteiger partial charge in [-0.3, -0.25) is 4.90 Å². The number of hydrogen-bond acceptors (Lipinski definition) is 4. The van der Waals surface area contributed by atoms with Crippen LogP contribution in [0, 0.1) is 18.6 Å². The molecule has 6 heteroatoms. The van der Waals surface area contributed by atoms with Gasteiger partial charge >= 0.3 is 0 Å².